The summed E-state index contributed by atoms with van der Waals surface area (Å²) in [6, 6.07) is 4.47. The molecule has 0 heterocycles. The number of amides is 1. The van der Waals surface area contributed by atoms with Crippen molar-refractivity contribution in [3.05, 3.63) is 35.4 Å². The van der Waals surface area contributed by atoms with Gasteiger partial charge in [-0.25, -0.2) is 0 Å². The zero-order valence-electron chi connectivity index (χ0n) is 12.9. The number of benzene rings is 1. The summed E-state index contributed by atoms with van der Waals surface area (Å²) >= 11 is 0. The molecule has 0 saturated heterocycles. The van der Waals surface area contributed by atoms with E-state index < -0.39 is 11.7 Å². The SMILES string of the molecule is CN(C(=O)c1ccc(C(F)(F)F)cc1)C1C[C@H]2CC(O)C[C@H]2C1. The molecule has 2 aliphatic rings. The van der Waals surface area contributed by atoms with Gasteiger partial charge in [0.15, 0.2) is 0 Å². The van der Waals surface area contributed by atoms with Gasteiger partial charge < -0.3 is 10.0 Å². The van der Waals surface area contributed by atoms with Gasteiger partial charge >= 0.3 is 6.18 Å². The molecule has 1 N–H and O–H groups in total. The maximum absolute atomic E-state index is 12.6. The second-order valence-electron chi connectivity index (χ2n) is 6.76. The molecule has 126 valence electrons. The minimum atomic E-state index is -4.39. The number of nitrogens with zero attached hydrogens (tertiary/aromatic N) is 1. The van der Waals surface area contributed by atoms with Gasteiger partial charge in [0.25, 0.3) is 5.91 Å². The van der Waals surface area contributed by atoms with E-state index in [-0.39, 0.29) is 23.6 Å². The van der Waals surface area contributed by atoms with Crippen molar-refractivity contribution in [2.24, 2.45) is 11.8 Å². The second-order valence-corrected chi connectivity index (χ2v) is 6.76. The number of fused-ring (bicyclic) bond motifs is 1. The van der Waals surface area contributed by atoms with Crippen LogP contribution in [0.5, 0.6) is 0 Å². The molecule has 3 rings (SSSR count). The molecule has 2 fully saturated rings. The first-order valence-corrected chi connectivity index (χ1v) is 7.88. The largest absolute Gasteiger partial charge is 0.416 e. The summed E-state index contributed by atoms with van der Waals surface area (Å²) in [7, 11) is 1.71. The van der Waals surface area contributed by atoms with E-state index in [4.69, 9.17) is 0 Å². The Bertz CT molecular complexity index is 570. The fourth-order valence-corrected chi connectivity index (χ4v) is 4.04. The van der Waals surface area contributed by atoms with Gasteiger partial charge in [0.1, 0.15) is 0 Å². The first-order chi connectivity index (χ1) is 10.8. The van der Waals surface area contributed by atoms with Crippen molar-refractivity contribution >= 4 is 5.91 Å². The molecule has 6 heteroatoms. The summed E-state index contributed by atoms with van der Waals surface area (Å²) in [5.41, 5.74) is -0.473. The zero-order chi connectivity index (χ0) is 16.8. The molecule has 0 aliphatic heterocycles. The van der Waals surface area contributed by atoms with E-state index in [1.165, 1.54) is 12.1 Å². The fraction of sp³-hybridized carbons (Fsp3) is 0.588. The van der Waals surface area contributed by atoms with Crippen LogP contribution in [-0.2, 0) is 6.18 Å². The summed E-state index contributed by atoms with van der Waals surface area (Å²) in [5, 5.41) is 9.67. The van der Waals surface area contributed by atoms with Crippen LogP contribution in [0, 0.1) is 11.8 Å². The predicted molar refractivity (Wildman–Crippen MR) is 78.8 cm³/mol. The molecular weight excluding hydrogens is 307 g/mol. The third kappa shape index (κ3) is 3.22. The Morgan fingerprint density at radius 3 is 2.09 bits per heavy atom. The van der Waals surface area contributed by atoms with Crippen LogP contribution < -0.4 is 0 Å². The van der Waals surface area contributed by atoms with E-state index in [9.17, 15) is 23.1 Å². The molecule has 1 amide bonds. The average Bonchev–Trinajstić information content (AvgIpc) is 3.02. The Balaban J connectivity index is 1.66. The number of hydrogen-bond donors (Lipinski definition) is 1. The van der Waals surface area contributed by atoms with Crippen LogP contribution in [0.1, 0.15) is 41.6 Å². The van der Waals surface area contributed by atoms with Gasteiger partial charge in [0.2, 0.25) is 0 Å². The highest BCUT2D eigenvalue weighted by molar-refractivity contribution is 5.94. The Hall–Kier alpha value is -1.56. The number of aliphatic hydroxyl groups excluding tert-OH is 1. The van der Waals surface area contributed by atoms with Crippen LogP contribution in [0.25, 0.3) is 0 Å². The van der Waals surface area contributed by atoms with Crippen molar-refractivity contribution in [3.8, 4) is 0 Å². The first kappa shape index (κ1) is 16.3. The molecule has 0 radical (unpaired) electrons. The molecule has 2 saturated carbocycles. The fourth-order valence-electron chi connectivity index (χ4n) is 4.04. The van der Waals surface area contributed by atoms with Crippen molar-refractivity contribution in [1.82, 2.24) is 4.90 Å². The number of alkyl halides is 3. The number of carbonyl (C=O) groups is 1. The maximum Gasteiger partial charge on any atom is 0.416 e. The number of aliphatic hydroxyl groups is 1. The van der Waals surface area contributed by atoms with E-state index in [0.717, 1.165) is 37.8 Å². The van der Waals surface area contributed by atoms with Gasteiger partial charge in [-0.3, -0.25) is 4.79 Å². The number of hydrogen-bond acceptors (Lipinski definition) is 2. The van der Waals surface area contributed by atoms with Crippen molar-refractivity contribution < 1.29 is 23.1 Å². The van der Waals surface area contributed by atoms with Gasteiger partial charge in [-0.2, -0.15) is 13.2 Å². The Kier molecular flexibility index (Phi) is 4.12. The minimum Gasteiger partial charge on any atom is -0.393 e. The third-order valence-electron chi connectivity index (χ3n) is 5.29. The lowest BCUT2D eigenvalue weighted by Crippen LogP contribution is -2.36. The minimum absolute atomic E-state index is 0.104. The van der Waals surface area contributed by atoms with Crippen molar-refractivity contribution in [3.63, 3.8) is 0 Å². The lowest BCUT2D eigenvalue weighted by atomic mass is 10.0. The van der Waals surface area contributed by atoms with Crippen molar-refractivity contribution in [1.29, 1.82) is 0 Å². The summed E-state index contributed by atoms with van der Waals surface area (Å²) in [6.07, 6.45) is -1.29. The molecule has 1 aromatic rings. The third-order valence-corrected chi connectivity index (χ3v) is 5.29. The van der Waals surface area contributed by atoms with Crippen LogP contribution >= 0.6 is 0 Å². The van der Waals surface area contributed by atoms with Crippen LogP contribution in [0.3, 0.4) is 0 Å². The molecule has 1 aromatic carbocycles. The summed E-state index contributed by atoms with van der Waals surface area (Å²) in [4.78, 5) is 14.1. The molecule has 4 atom stereocenters. The predicted octanol–water partition coefficient (Wildman–Crippen LogP) is 3.33. The number of halogens is 3. The molecule has 23 heavy (non-hydrogen) atoms. The van der Waals surface area contributed by atoms with E-state index in [2.05, 4.69) is 0 Å². The number of carbonyl (C=O) groups excluding carboxylic acids is 1. The van der Waals surface area contributed by atoms with E-state index in [1.54, 1.807) is 11.9 Å². The molecule has 3 nitrogen and oxygen atoms in total. The molecular formula is C17H20F3NO2. The van der Waals surface area contributed by atoms with Crippen LogP contribution in [0.2, 0.25) is 0 Å². The van der Waals surface area contributed by atoms with Crippen molar-refractivity contribution in [2.45, 2.75) is 44.0 Å². The number of rotatable bonds is 2. The molecule has 0 aromatic heterocycles. The van der Waals surface area contributed by atoms with E-state index >= 15 is 0 Å². The smallest absolute Gasteiger partial charge is 0.393 e. The first-order valence-electron chi connectivity index (χ1n) is 7.88. The normalized spacial score (nSPS) is 30.3. The van der Waals surface area contributed by atoms with Gasteiger partial charge in [0, 0.05) is 18.7 Å². The van der Waals surface area contributed by atoms with Crippen LogP contribution in [-0.4, -0.2) is 35.1 Å². The standard InChI is InChI=1S/C17H20F3NO2/c1-21(14-6-11-8-15(22)9-12(11)7-14)16(23)10-2-4-13(5-3-10)17(18,19)20/h2-5,11-12,14-15,22H,6-9H2,1H3/t11-,12+,14?,15?. The summed E-state index contributed by atoms with van der Waals surface area (Å²) in [6.45, 7) is 0. The summed E-state index contributed by atoms with van der Waals surface area (Å²) < 4.78 is 37.7. The highest BCUT2D eigenvalue weighted by atomic mass is 19.4. The molecule has 2 unspecified atom stereocenters. The highest BCUT2D eigenvalue weighted by Gasteiger charge is 2.43. The zero-order valence-corrected chi connectivity index (χ0v) is 12.9. The summed E-state index contributed by atoms with van der Waals surface area (Å²) in [5.74, 6) is 0.667. The Labute approximate surface area is 133 Å². The van der Waals surface area contributed by atoms with Crippen molar-refractivity contribution in [2.75, 3.05) is 7.05 Å². The maximum atomic E-state index is 12.6. The topological polar surface area (TPSA) is 40.5 Å². The second kappa shape index (κ2) is 5.82. The molecule has 2 aliphatic carbocycles. The molecule has 0 spiro atoms. The van der Waals surface area contributed by atoms with E-state index in [1.807, 2.05) is 0 Å². The van der Waals surface area contributed by atoms with Crippen LogP contribution in [0.15, 0.2) is 24.3 Å². The Morgan fingerprint density at radius 1 is 1.09 bits per heavy atom. The van der Waals surface area contributed by atoms with Gasteiger partial charge in [-0.15, -0.1) is 0 Å². The van der Waals surface area contributed by atoms with Gasteiger partial charge in [0.05, 0.1) is 11.7 Å². The van der Waals surface area contributed by atoms with Gasteiger partial charge in [-0.1, -0.05) is 0 Å². The lowest BCUT2D eigenvalue weighted by molar-refractivity contribution is -0.137. The Morgan fingerprint density at radius 2 is 1.61 bits per heavy atom. The average molecular weight is 327 g/mol. The lowest BCUT2D eigenvalue weighted by Gasteiger charge is -2.26. The van der Waals surface area contributed by atoms with Gasteiger partial charge in [-0.05, 0) is 61.8 Å². The molecule has 0 bridgehead atoms. The monoisotopic (exact) mass is 327 g/mol. The highest BCUT2D eigenvalue weighted by Crippen LogP contribution is 2.45. The van der Waals surface area contributed by atoms with E-state index in [0.29, 0.717) is 11.8 Å². The van der Waals surface area contributed by atoms with Crippen LogP contribution in [0.4, 0.5) is 13.2 Å². The quantitative estimate of drug-likeness (QED) is 0.905.